The van der Waals surface area contributed by atoms with Crippen molar-refractivity contribution in [3.05, 3.63) is 17.5 Å². The minimum Gasteiger partial charge on any atom is -0.359 e. The molecule has 5 heteroatoms. The van der Waals surface area contributed by atoms with Crippen molar-refractivity contribution in [3.63, 3.8) is 0 Å². The van der Waals surface area contributed by atoms with Crippen LogP contribution in [-0.2, 0) is 4.79 Å². The Bertz CT molecular complexity index is 474. The zero-order chi connectivity index (χ0) is 13.7. The first kappa shape index (κ1) is 13.3. The van der Waals surface area contributed by atoms with Gasteiger partial charge in [0.15, 0.2) is 14.0 Å². The number of carbonyl (C=O) groups excluding carboxylic acids is 1. The van der Waals surface area contributed by atoms with Gasteiger partial charge in [0, 0.05) is 6.07 Å². The van der Waals surface area contributed by atoms with Crippen LogP contribution in [0, 0.1) is 6.92 Å². The number of hydrogen-bond acceptors (Lipinski definition) is 3. The fourth-order valence-electron chi connectivity index (χ4n) is 2.25. The van der Waals surface area contributed by atoms with E-state index in [0.717, 1.165) is 11.5 Å². The van der Waals surface area contributed by atoms with E-state index in [1.807, 2.05) is 13.0 Å². The molecule has 0 saturated carbocycles. The molecule has 0 radical (unpaired) electrons. The third kappa shape index (κ3) is 1.90. The number of β-lactam (4-membered cyclic amide) rings is 1. The molecular weight excluding hydrogens is 244 g/mol. The average molecular weight is 266 g/mol. The van der Waals surface area contributed by atoms with Gasteiger partial charge in [0.25, 0.3) is 0 Å². The van der Waals surface area contributed by atoms with Gasteiger partial charge in [-0.05, 0) is 12.0 Å². The lowest BCUT2D eigenvalue weighted by Gasteiger charge is -2.54. The SMILES string of the molecule is Cc1cc([C@@H]2CC(=O)N2[Si](C)(C)C(C)(C)C)on1. The summed E-state index contributed by atoms with van der Waals surface area (Å²) in [7, 11) is -1.83. The summed E-state index contributed by atoms with van der Waals surface area (Å²) in [5, 5.41) is 4.07. The Morgan fingerprint density at radius 1 is 1.44 bits per heavy atom. The third-order valence-corrected chi connectivity index (χ3v) is 9.80. The zero-order valence-corrected chi connectivity index (χ0v) is 13.1. The predicted molar refractivity (Wildman–Crippen MR) is 72.6 cm³/mol. The fraction of sp³-hybridized carbons (Fsp3) is 0.692. The summed E-state index contributed by atoms with van der Waals surface area (Å²) >= 11 is 0. The molecule has 2 rings (SSSR count). The average Bonchev–Trinajstić information content (AvgIpc) is 2.58. The van der Waals surface area contributed by atoms with Crippen LogP contribution in [0.15, 0.2) is 10.6 Å². The first-order chi connectivity index (χ1) is 8.14. The van der Waals surface area contributed by atoms with Crippen molar-refractivity contribution in [1.29, 1.82) is 0 Å². The minimum atomic E-state index is -1.83. The molecule has 1 aliphatic rings. The van der Waals surface area contributed by atoms with Gasteiger partial charge in [-0.1, -0.05) is 39.0 Å². The summed E-state index contributed by atoms with van der Waals surface area (Å²) in [6, 6.07) is 2.04. The van der Waals surface area contributed by atoms with Crippen LogP contribution < -0.4 is 0 Å². The number of rotatable bonds is 2. The number of hydrogen-bond donors (Lipinski definition) is 0. The molecule has 1 saturated heterocycles. The first-order valence-electron chi connectivity index (χ1n) is 6.40. The normalized spacial score (nSPS) is 21.1. The second-order valence-electron chi connectivity index (χ2n) is 6.66. The maximum atomic E-state index is 12.0. The highest BCUT2D eigenvalue weighted by atomic mass is 28.3. The van der Waals surface area contributed by atoms with E-state index in [0.29, 0.717) is 6.42 Å². The van der Waals surface area contributed by atoms with Crippen molar-refractivity contribution in [2.45, 2.75) is 58.3 Å². The van der Waals surface area contributed by atoms with Crippen LogP contribution in [0.1, 0.15) is 44.7 Å². The van der Waals surface area contributed by atoms with E-state index < -0.39 is 8.24 Å². The van der Waals surface area contributed by atoms with Crippen LogP contribution in [0.25, 0.3) is 0 Å². The highest BCUT2D eigenvalue weighted by Crippen LogP contribution is 2.47. The van der Waals surface area contributed by atoms with Crippen LogP contribution in [0.2, 0.25) is 18.1 Å². The summed E-state index contributed by atoms with van der Waals surface area (Å²) < 4.78 is 7.41. The molecule has 18 heavy (non-hydrogen) atoms. The molecular formula is C13H22N2O2Si. The van der Waals surface area contributed by atoms with E-state index in [-0.39, 0.29) is 17.0 Å². The monoisotopic (exact) mass is 266 g/mol. The van der Waals surface area contributed by atoms with Gasteiger partial charge in [-0.15, -0.1) is 0 Å². The third-order valence-electron chi connectivity index (χ3n) is 4.36. The molecule has 0 N–H and O–H groups in total. The summed E-state index contributed by atoms with van der Waals surface area (Å²) in [6.07, 6.45) is 0.557. The second-order valence-corrected chi connectivity index (χ2v) is 11.8. The Balaban J connectivity index is 2.29. The number of amides is 1. The summed E-state index contributed by atoms with van der Waals surface area (Å²) in [5.74, 6) is 1.08. The standard InChI is InChI=1S/C13H22N2O2Si/c1-9-7-11(17-14-9)10-8-12(16)15(10)18(5,6)13(2,3)4/h7,10H,8H2,1-6H3/t10-/m0/s1. The minimum absolute atomic E-state index is 0.0968. The number of aromatic nitrogens is 1. The van der Waals surface area contributed by atoms with Crippen LogP contribution in [0.3, 0.4) is 0 Å². The summed E-state index contributed by atoms with van der Waals surface area (Å²) in [6.45, 7) is 13.1. The number of carbonyl (C=O) groups is 1. The second kappa shape index (κ2) is 3.95. The van der Waals surface area contributed by atoms with Crippen molar-refractivity contribution in [1.82, 2.24) is 9.72 Å². The van der Waals surface area contributed by atoms with Crippen molar-refractivity contribution in [2.24, 2.45) is 0 Å². The smallest absolute Gasteiger partial charge is 0.217 e. The van der Waals surface area contributed by atoms with Gasteiger partial charge in [-0.3, -0.25) is 4.79 Å². The van der Waals surface area contributed by atoms with Gasteiger partial charge < -0.3 is 9.09 Å². The maximum Gasteiger partial charge on any atom is 0.217 e. The van der Waals surface area contributed by atoms with Gasteiger partial charge in [-0.25, -0.2) is 0 Å². The first-order valence-corrected chi connectivity index (χ1v) is 9.34. The van der Waals surface area contributed by atoms with Crippen LogP contribution in [-0.4, -0.2) is 23.9 Å². The van der Waals surface area contributed by atoms with Crippen LogP contribution in [0.5, 0.6) is 0 Å². The lowest BCUT2D eigenvalue weighted by molar-refractivity contribution is -0.140. The van der Waals surface area contributed by atoms with E-state index >= 15 is 0 Å². The largest absolute Gasteiger partial charge is 0.359 e. The molecule has 100 valence electrons. The molecule has 0 spiro atoms. The van der Waals surface area contributed by atoms with Crippen molar-refractivity contribution < 1.29 is 9.32 Å². The predicted octanol–water partition coefficient (Wildman–Crippen LogP) is 3.26. The molecule has 1 aromatic heterocycles. The van der Waals surface area contributed by atoms with E-state index in [1.165, 1.54) is 0 Å². The van der Waals surface area contributed by atoms with E-state index in [1.54, 1.807) is 0 Å². The van der Waals surface area contributed by atoms with E-state index in [2.05, 4.69) is 43.6 Å². The number of aryl methyl sites for hydroxylation is 1. The molecule has 1 fully saturated rings. The molecule has 1 atom stereocenters. The van der Waals surface area contributed by atoms with Gasteiger partial charge in [0.1, 0.15) is 0 Å². The molecule has 1 amide bonds. The van der Waals surface area contributed by atoms with E-state index in [9.17, 15) is 4.79 Å². The molecule has 0 aromatic carbocycles. The van der Waals surface area contributed by atoms with Gasteiger partial charge in [0.2, 0.25) is 5.91 Å². The molecule has 4 nitrogen and oxygen atoms in total. The van der Waals surface area contributed by atoms with Gasteiger partial charge in [-0.2, -0.15) is 0 Å². The quantitative estimate of drug-likeness (QED) is 0.609. The Morgan fingerprint density at radius 3 is 2.44 bits per heavy atom. The zero-order valence-electron chi connectivity index (χ0n) is 12.1. The fourth-order valence-corrected chi connectivity index (χ4v) is 4.68. The Morgan fingerprint density at radius 2 is 2.06 bits per heavy atom. The van der Waals surface area contributed by atoms with Crippen LogP contribution >= 0.6 is 0 Å². The lowest BCUT2D eigenvalue weighted by atomic mass is 10.0. The molecule has 1 aromatic rings. The molecule has 2 heterocycles. The van der Waals surface area contributed by atoms with Gasteiger partial charge in [0.05, 0.1) is 18.2 Å². The number of nitrogens with zero attached hydrogens (tertiary/aromatic N) is 2. The summed E-state index contributed by atoms with van der Waals surface area (Å²) in [4.78, 5) is 12.0. The van der Waals surface area contributed by atoms with Gasteiger partial charge >= 0.3 is 0 Å². The lowest BCUT2D eigenvalue weighted by Crippen LogP contribution is -2.64. The highest BCUT2D eigenvalue weighted by molar-refractivity contribution is 6.79. The van der Waals surface area contributed by atoms with E-state index in [4.69, 9.17) is 4.52 Å². The molecule has 0 unspecified atom stereocenters. The maximum absolute atomic E-state index is 12.0. The molecule has 1 aliphatic heterocycles. The molecule has 0 bridgehead atoms. The van der Waals surface area contributed by atoms with Crippen LogP contribution in [0.4, 0.5) is 0 Å². The topological polar surface area (TPSA) is 46.3 Å². The van der Waals surface area contributed by atoms with Crippen molar-refractivity contribution >= 4 is 14.1 Å². The Hall–Kier alpha value is -1.10. The van der Waals surface area contributed by atoms with Crippen molar-refractivity contribution in [2.75, 3.05) is 0 Å². The summed E-state index contributed by atoms with van der Waals surface area (Å²) in [5.41, 5.74) is 0.875. The Kier molecular flexibility index (Phi) is 2.92. The van der Waals surface area contributed by atoms with Crippen molar-refractivity contribution in [3.8, 4) is 0 Å². The molecule has 0 aliphatic carbocycles. The highest BCUT2D eigenvalue weighted by Gasteiger charge is 2.53. The Labute approximate surface area is 109 Å².